The Morgan fingerprint density at radius 3 is 2.81 bits per heavy atom. The van der Waals surface area contributed by atoms with E-state index in [0.29, 0.717) is 35.6 Å². The van der Waals surface area contributed by atoms with Crippen LogP contribution in [0.15, 0.2) is 52.0 Å². The molecule has 7 heteroatoms. The third kappa shape index (κ3) is 5.47. The van der Waals surface area contributed by atoms with E-state index in [1.54, 1.807) is 42.7 Å². The van der Waals surface area contributed by atoms with Gasteiger partial charge in [0.25, 0.3) is 0 Å². The SMILES string of the molecule is O=C(CSc1ccccc1C(=O)O[C@H]1CCCCC1=O)NCc1ccco1. The first kappa shape index (κ1) is 19.2. The maximum absolute atomic E-state index is 12.5. The summed E-state index contributed by atoms with van der Waals surface area (Å²) in [5.41, 5.74) is 0.375. The van der Waals surface area contributed by atoms with Crippen molar-refractivity contribution in [1.82, 2.24) is 5.32 Å². The molecule has 1 aliphatic carbocycles. The highest BCUT2D eigenvalue weighted by atomic mass is 32.2. The topological polar surface area (TPSA) is 85.6 Å². The molecule has 3 rings (SSSR count). The fourth-order valence-corrected chi connectivity index (χ4v) is 3.69. The molecule has 0 unspecified atom stereocenters. The number of esters is 1. The number of carbonyl (C=O) groups is 3. The Balaban J connectivity index is 1.55. The molecule has 1 saturated carbocycles. The van der Waals surface area contributed by atoms with Crippen LogP contribution in [-0.2, 0) is 20.9 Å². The lowest BCUT2D eigenvalue weighted by Gasteiger charge is -2.21. The minimum Gasteiger partial charge on any atom is -0.467 e. The lowest BCUT2D eigenvalue weighted by molar-refractivity contribution is -0.130. The van der Waals surface area contributed by atoms with E-state index in [1.807, 2.05) is 0 Å². The molecule has 1 atom stereocenters. The molecule has 1 N–H and O–H groups in total. The number of hydrogen-bond acceptors (Lipinski definition) is 6. The van der Waals surface area contributed by atoms with E-state index in [1.165, 1.54) is 11.8 Å². The number of benzene rings is 1. The zero-order chi connectivity index (χ0) is 19.1. The van der Waals surface area contributed by atoms with Gasteiger partial charge in [-0.2, -0.15) is 0 Å². The van der Waals surface area contributed by atoms with E-state index in [2.05, 4.69) is 5.32 Å². The molecular formula is C20H21NO5S. The fourth-order valence-electron chi connectivity index (χ4n) is 2.82. The Morgan fingerprint density at radius 1 is 1.19 bits per heavy atom. The van der Waals surface area contributed by atoms with Crippen molar-refractivity contribution in [2.24, 2.45) is 0 Å². The Labute approximate surface area is 161 Å². The predicted molar refractivity (Wildman–Crippen MR) is 100 cm³/mol. The molecule has 1 aromatic carbocycles. The zero-order valence-electron chi connectivity index (χ0n) is 14.8. The van der Waals surface area contributed by atoms with Gasteiger partial charge in [-0.1, -0.05) is 12.1 Å². The summed E-state index contributed by atoms with van der Waals surface area (Å²) in [4.78, 5) is 37.1. The van der Waals surface area contributed by atoms with Gasteiger partial charge in [0, 0.05) is 11.3 Å². The summed E-state index contributed by atoms with van der Waals surface area (Å²) in [6.07, 6.45) is 3.68. The second-order valence-corrected chi connectivity index (χ2v) is 7.26. The first-order chi connectivity index (χ1) is 13.1. The third-order valence-electron chi connectivity index (χ3n) is 4.25. The van der Waals surface area contributed by atoms with Crippen LogP contribution in [0.5, 0.6) is 0 Å². The van der Waals surface area contributed by atoms with Crippen LogP contribution in [0, 0.1) is 0 Å². The summed E-state index contributed by atoms with van der Waals surface area (Å²) in [5, 5.41) is 2.76. The van der Waals surface area contributed by atoms with Crippen LogP contribution in [0.1, 0.15) is 41.8 Å². The van der Waals surface area contributed by atoms with Crippen LogP contribution < -0.4 is 5.32 Å². The van der Waals surface area contributed by atoms with Crippen molar-refractivity contribution in [3.63, 3.8) is 0 Å². The van der Waals surface area contributed by atoms with E-state index < -0.39 is 12.1 Å². The van der Waals surface area contributed by atoms with Gasteiger partial charge in [0.15, 0.2) is 11.9 Å². The summed E-state index contributed by atoms with van der Waals surface area (Å²) in [5.74, 6) is 0.135. The molecule has 2 aromatic rings. The molecule has 1 aliphatic rings. The number of nitrogens with one attached hydrogen (secondary N) is 1. The lowest BCUT2D eigenvalue weighted by Crippen LogP contribution is -2.30. The average Bonchev–Trinajstić information content (AvgIpc) is 3.20. The van der Waals surface area contributed by atoms with E-state index in [4.69, 9.17) is 9.15 Å². The number of hydrogen-bond donors (Lipinski definition) is 1. The molecule has 1 fully saturated rings. The number of thioether (sulfide) groups is 1. The Morgan fingerprint density at radius 2 is 2.04 bits per heavy atom. The molecule has 1 aromatic heterocycles. The Bertz CT molecular complexity index is 802. The fraction of sp³-hybridized carbons (Fsp3) is 0.350. The number of ether oxygens (including phenoxy) is 1. The van der Waals surface area contributed by atoms with Crippen molar-refractivity contribution in [2.45, 2.75) is 43.2 Å². The van der Waals surface area contributed by atoms with E-state index in [0.717, 1.165) is 12.8 Å². The number of furan rings is 1. The van der Waals surface area contributed by atoms with Gasteiger partial charge in [-0.25, -0.2) is 4.79 Å². The van der Waals surface area contributed by atoms with Crippen LogP contribution in [0.4, 0.5) is 0 Å². The van der Waals surface area contributed by atoms with Crippen molar-refractivity contribution >= 4 is 29.4 Å². The highest BCUT2D eigenvalue weighted by Gasteiger charge is 2.27. The van der Waals surface area contributed by atoms with Gasteiger partial charge in [0.2, 0.25) is 5.91 Å². The van der Waals surface area contributed by atoms with Gasteiger partial charge in [-0.3, -0.25) is 9.59 Å². The largest absolute Gasteiger partial charge is 0.467 e. The normalized spacial score (nSPS) is 16.7. The van der Waals surface area contributed by atoms with Crippen LogP contribution in [0.3, 0.4) is 0 Å². The molecule has 0 saturated heterocycles. The van der Waals surface area contributed by atoms with E-state index in [9.17, 15) is 14.4 Å². The van der Waals surface area contributed by atoms with Gasteiger partial charge >= 0.3 is 5.97 Å². The molecule has 1 amide bonds. The summed E-state index contributed by atoms with van der Waals surface area (Å²) in [6.45, 7) is 0.319. The van der Waals surface area contributed by atoms with Crippen molar-refractivity contribution in [3.05, 3.63) is 54.0 Å². The van der Waals surface area contributed by atoms with Crippen LogP contribution in [-0.4, -0.2) is 29.5 Å². The summed E-state index contributed by atoms with van der Waals surface area (Å²) < 4.78 is 10.6. The molecule has 142 valence electrons. The first-order valence-electron chi connectivity index (χ1n) is 8.88. The third-order valence-corrected chi connectivity index (χ3v) is 5.33. The lowest BCUT2D eigenvalue weighted by atomic mass is 9.96. The van der Waals surface area contributed by atoms with Gasteiger partial charge < -0.3 is 14.5 Å². The molecule has 1 heterocycles. The Hall–Kier alpha value is -2.54. The predicted octanol–water partition coefficient (Wildman–Crippen LogP) is 3.36. The van der Waals surface area contributed by atoms with E-state index >= 15 is 0 Å². The minimum absolute atomic E-state index is 0.0166. The number of rotatable bonds is 7. The number of ketones is 1. The zero-order valence-corrected chi connectivity index (χ0v) is 15.6. The van der Waals surface area contributed by atoms with Crippen LogP contribution in [0.25, 0.3) is 0 Å². The van der Waals surface area contributed by atoms with Crippen LogP contribution in [0.2, 0.25) is 0 Å². The average molecular weight is 387 g/mol. The molecule has 0 spiro atoms. The summed E-state index contributed by atoms with van der Waals surface area (Å²) in [7, 11) is 0. The number of Topliss-reactive ketones (excluding diaryl/α,β-unsaturated/α-hetero) is 1. The highest BCUT2D eigenvalue weighted by molar-refractivity contribution is 8.00. The number of amides is 1. The van der Waals surface area contributed by atoms with Gasteiger partial charge in [0.1, 0.15) is 5.76 Å². The van der Waals surface area contributed by atoms with Gasteiger partial charge in [-0.05, 0) is 43.5 Å². The van der Waals surface area contributed by atoms with Crippen molar-refractivity contribution < 1.29 is 23.5 Å². The van der Waals surface area contributed by atoms with Crippen LogP contribution >= 0.6 is 11.8 Å². The standard InChI is InChI=1S/C20H21NO5S/c22-16-8-2-3-9-17(16)26-20(24)15-7-1-4-10-18(15)27-13-19(23)21-12-14-6-5-11-25-14/h1,4-7,10-11,17H,2-3,8-9,12-13H2,(H,21,23)/t17-/m0/s1. The summed E-state index contributed by atoms with van der Waals surface area (Å²) in [6, 6.07) is 10.5. The maximum Gasteiger partial charge on any atom is 0.339 e. The van der Waals surface area contributed by atoms with Crippen molar-refractivity contribution in [2.75, 3.05) is 5.75 Å². The molecule has 0 radical (unpaired) electrons. The van der Waals surface area contributed by atoms with Gasteiger partial charge in [-0.15, -0.1) is 11.8 Å². The molecule has 0 aliphatic heterocycles. The smallest absolute Gasteiger partial charge is 0.339 e. The minimum atomic E-state index is -0.652. The first-order valence-corrected chi connectivity index (χ1v) is 9.86. The molecule has 0 bridgehead atoms. The quantitative estimate of drug-likeness (QED) is 0.579. The second kappa shape index (κ2) is 9.41. The molecule has 6 nitrogen and oxygen atoms in total. The summed E-state index contributed by atoms with van der Waals surface area (Å²) >= 11 is 1.26. The Kier molecular flexibility index (Phi) is 6.70. The molecule has 27 heavy (non-hydrogen) atoms. The van der Waals surface area contributed by atoms with Crippen molar-refractivity contribution in [1.29, 1.82) is 0 Å². The van der Waals surface area contributed by atoms with Crippen molar-refractivity contribution in [3.8, 4) is 0 Å². The second-order valence-electron chi connectivity index (χ2n) is 6.25. The molecular weight excluding hydrogens is 366 g/mol. The maximum atomic E-state index is 12.5. The highest BCUT2D eigenvalue weighted by Crippen LogP contribution is 2.25. The monoisotopic (exact) mass is 387 g/mol. The number of carbonyl (C=O) groups excluding carboxylic acids is 3. The van der Waals surface area contributed by atoms with Gasteiger partial charge in [0.05, 0.1) is 24.1 Å². The van der Waals surface area contributed by atoms with E-state index in [-0.39, 0.29) is 17.4 Å².